The molecule has 0 aliphatic rings. The number of hydrogen-bond acceptors (Lipinski definition) is 4. The van der Waals surface area contributed by atoms with Gasteiger partial charge in [-0.1, -0.05) is 12.0 Å². The number of rotatable bonds is 7. The molecule has 0 saturated carbocycles. The lowest BCUT2D eigenvalue weighted by Crippen LogP contribution is -2.32. The van der Waals surface area contributed by atoms with Gasteiger partial charge >= 0.3 is 6.61 Å². The van der Waals surface area contributed by atoms with Crippen LogP contribution in [0, 0.1) is 12.3 Å². The van der Waals surface area contributed by atoms with Crippen molar-refractivity contribution in [2.75, 3.05) is 19.0 Å². The maximum absolute atomic E-state index is 12.3. The summed E-state index contributed by atoms with van der Waals surface area (Å²) in [4.78, 5) is 24.1. The Kier molecular flexibility index (Phi) is 6.72. The fourth-order valence-corrected chi connectivity index (χ4v) is 2.16. The molecular formula is C19H16F2N2O4. The van der Waals surface area contributed by atoms with Crippen LogP contribution < -0.4 is 20.1 Å². The van der Waals surface area contributed by atoms with E-state index in [-0.39, 0.29) is 23.6 Å². The number of nitrogens with one attached hydrogen (secondary N) is 2. The van der Waals surface area contributed by atoms with Crippen molar-refractivity contribution in [2.24, 2.45) is 0 Å². The summed E-state index contributed by atoms with van der Waals surface area (Å²) in [6.45, 7) is -3.31. The third-order valence-corrected chi connectivity index (χ3v) is 3.36. The molecule has 0 atom stereocenters. The second-order valence-electron chi connectivity index (χ2n) is 5.20. The summed E-state index contributed by atoms with van der Waals surface area (Å²) in [5.41, 5.74) is 1.23. The van der Waals surface area contributed by atoms with E-state index in [1.54, 1.807) is 24.3 Å². The number of terminal acetylenes is 1. The molecule has 6 nitrogen and oxygen atoms in total. The monoisotopic (exact) mass is 374 g/mol. The van der Waals surface area contributed by atoms with Crippen LogP contribution in [0.25, 0.3) is 0 Å². The second kappa shape index (κ2) is 9.20. The average molecular weight is 374 g/mol. The molecule has 27 heavy (non-hydrogen) atoms. The van der Waals surface area contributed by atoms with E-state index in [0.29, 0.717) is 11.3 Å². The van der Waals surface area contributed by atoms with E-state index >= 15 is 0 Å². The van der Waals surface area contributed by atoms with E-state index < -0.39 is 18.4 Å². The zero-order chi connectivity index (χ0) is 19.8. The Balaban J connectivity index is 1.96. The van der Waals surface area contributed by atoms with Crippen LogP contribution in [0.5, 0.6) is 11.5 Å². The highest BCUT2D eigenvalue weighted by Crippen LogP contribution is 2.29. The van der Waals surface area contributed by atoms with E-state index in [4.69, 9.17) is 11.2 Å². The average Bonchev–Trinajstić information content (AvgIpc) is 2.66. The van der Waals surface area contributed by atoms with Crippen LogP contribution in [0.3, 0.4) is 0 Å². The van der Waals surface area contributed by atoms with Gasteiger partial charge in [0.15, 0.2) is 11.5 Å². The van der Waals surface area contributed by atoms with Crippen LogP contribution in [-0.2, 0) is 4.79 Å². The molecule has 0 aliphatic heterocycles. The minimum atomic E-state index is -3.02. The summed E-state index contributed by atoms with van der Waals surface area (Å²) in [7, 11) is 1.26. The third kappa shape index (κ3) is 5.71. The van der Waals surface area contributed by atoms with Gasteiger partial charge in [-0.05, 0) is 36.4 Å². The van der Waals surface area contributed by atoms with Gasteiger partial charge in [0.1, 0.15) is 0 Å². The molecular weight excluding hydrogens is 358 g/mol. The van der Waals surface area contributed by atoms with Gasteiger partial charge in [0, 0.05) is 16.8 Å². The Morgan fingerprint density at radius 1 is 1.19 bits per heavy atom. The summed E-state index contributed by atoms with van der Waals surface area (Å²) in [6, 6.07) is 10.4. The second-order valence-corrected chi connectivity index (χ2v) is 5.20. The fourth-order valence-electron chi connectivity index (χ4n) is 2.16. The zero-order valence-electron chi connectivity index (χ0n) is 14.3. The number of anilines is 1. The molecule has 0 saturated heterocycles. The van der Waals surface area contributed by atoms with Crippen LogP contribution in [0.15, 0.2) is 42.5 Å². The van der Waals surface area contributed by atoms with E-state index in [0.717, 1.165) is 0 Å². The lowest BCUT2D eigenvalue weighted by atomic mass is 10.2. The summed E-state index contributed by atoms with van der Waals surface area (Å²) < 4.78 is 33.9. The number of ether oxygens (including phenoxy) is 2. The molecule has 0 radical (unpaired) electrons. The van der Waals surface area contributed by atoms with Gasteiger partial charge in [0.2, 0.25) is 5.91 Å². The molecule has 0 bridgehead atoms. The van der Waals surface area contributed by atoms with Crippen molar-refractivity contribution < 1.29 is 27.8 Å². The Morgan fingerprint density at radius 3 is 2.63 bits per heavy atom. The number of hydrogen-bond donors (Lipinski definition) is 2. The van der Waals surface area contributed by atoms with Crippen molar-refractivity contribution in [3.63, 3.8) is 0 Å². The first kappa shape index (κ1) is 19.7. The highest BCUT2D eigenvalue weighted by atomic mass is 19.3. The van der Waals surface area contributed by atoms with Crippen LogP contribution in [0.2, 0.25) is 0 Å². The zero-order valence-corrected chi connectivity index (χ0v) is 14.3. The van der Waals surface area contributed by atoms with Gasteiger partial charge in [-0.2, -0.15) is 8.78 Å². The van der Waals surface area contributed by atoms with E-state index in [9.17, 15) is 18.4 Å². The van der Waals surface area contributed by atoms with Gasteiger partial charge < -0.3 is 20.1 Å². The van der Waals surface area contributed by atoms with Crippen LogP contribution >= 0.6 is 0 Å². The number of benzene rings is 2. The highest BCUT2D eigenvalue weighted by Gasteiger charge is 2.15. The van der Waals surface area contributed by atoms with Gasteiger partial charge in [0.05, 0.1) is 13.7 Å². The molecule has 0 aromatic heterocycles. The standard InChI is InChI=1S/C19H16F2N2O4/c1-3-12-5-4-6-14(9-12)23-17(24)11-22-18(25)13-7-8-15(27-19(20)21)16(10-13)26-2/h1,4-10,19H,11H2,2H3,(H,22,25)(H,23,24). The van der Waals surface area contributed by atoms with Gasteiger partial charge in [-0.3, -0.25) is 9.59 Å². The number of carbonyl (C=O) groups excluding carboxylic acids is 2. The fraction of sp³-hybridized carbons (Fsp3) is 0.158. The Hall–Kier alpha value is -3.60. The van der Waals surface area contributed by atoms with Crippen molar-refractivity contribution in [1.82, 2.24) is 5.32 Å². The van der Waals surface area contributed by atoms with E-state index in [2.05, 4.69) is 21.3 Å². The molecule has 0 spiro atoms. The topological polar surface area (TPSA) is 76.7 Å². The van der Waals surface area contributed by atoms with Gasteiger partial charge in [-0.15, -0.1) is 6.42 Å². The molecule has 2 rings (SSSR count). The molecule has 0 unspecified atom stereocenters. The number of carbonyl (C=O) groups is 2. The molecule has 0 fully saturated rings. The first-order chi connectivity index (χ1) is 12.9. The van der Waals surface area contributed by atoms with E-state index in [1.165, 1.54) is 25.3 Å². The van der Waals surface area contributed by atoms with Crippen molar-refractivity contribution in [3.8, 4) is 23.8 Å². The molecule has 2 aromatic carbocycles. The maximum Gasteiger partial charge on any atom is 0.387 e. The predicted molar refractivity (Wildman–Crippen MR) is 95.0 cm³/mol. The SMILES string of the molecule is C#Cc1cccc(NC(=O)CNC(=O)c2ccc(OC(F)F)c(OC)c2)c1. The molecule has 0 heterocycles. The summed E-state index contributed by atoms with van der Waals surface area (Å²) in [5, 5.41) is 5.02. The van der Waals surface area contributed by atoms with E-state index in [1.807, 2.05) is 0 Å². The van der Waals surface area contributed by atoms with Crippen molar-refractivity contribution >= 4 is 17.5 Å². The number of amides is 2. The van der Waals surface area contributed by atoms with Crippen LogP contribution in [0.4, 0.5) is 14.5 Å². The summed E-state index contributed by atoms with van der Waals surface area (Å²) >= 11 is 0. The molecule has 2 aromatic rings. The van der Waals surface area contributed by atoms with Gasteiger partial charge in [-0.25, -0.2) is 0 Å². The summed E-state index contributed by atoms with van der Waals surface area (Å²) in [6.07, 6.45) is 5.29. The summed E-state index contributed by atoms with van der Waals surface area (Å²) in [5.74, 6) is 1.19. The third-order valence-electron chi connectivity index (χ3n) is 3.36. The minimum Gasteiger partial charge on any atom is -0.493 e. The lowest BCUT2D eigenvalue weighted by Gasteiger charge is -2.11. The van der Waals surface area contributed by atoms with Crippen molar-refractivity contribution in [3.05, 3.63) is 53.6 Å². The van der Waals surface area contributed by atoms with Crippen LogP contribution in [-0.4, -0.2) is 32.1 Å². The number of halogens is 2. The Morgan fingerprint density at radius 2 is 1.96 bits per heavy atom. The molecule has 0 aliphatic carbocycles. The predicted octanol–water partition coefficient (Wildman–Crippen LogP) is 2.65. The largest absolute Gasteiger partial charge is 0.493 e. The maximum atomic E-state index is 12.3. The Labute approximate surface area is 154 Å². The smallest absolute Gasteiger partial charge is 0.387 e. The normalized spacial score (nSPS) is 10.0. The van der Waals surface area contributed by atoms with Crippen molar-refractivity contribution in [1.29, 1.82) is 0 Å². The number of methoxy groups -OCH3 is 1. The first-order valence-corrected chi connectivity index (χ1v) is 7.70. The Bertz CT molecular complexity index is 878. The first-order valence-electron chi connectivity index (χ1n) is 7.70. The van der Waals surface area contributed by atoms with Crippen molar-refractivity contribution in [2.45, 2.75) is 6.61 Å². The quantitative estimate of drug-likeness (QED) is 0.731. The highest BCUT2D eigenvalue weighted by molar-refractivity contribution is 5.99. The van der Waals surface area contributed by atoms with Gasteiger partial charge in [0.25, 0.3) is 5.91 Å². The molecule has 2 amide bonds. The minimum absolute atomic E-state index is 0.0292. The molecule has 2 N–H and O–H groups in total. The molecule has 8 heteroatoms. The number of alkyl halides is 2. The molecule has 140 valence electrons. The van der Waals surface area contributed by atoms with Crippen LogP contribution in [0.1, 0.15) is 15.9 Å². The lowest BCUT2D eigenvalue weighted by molar-refractivity contribution is -0.115.